The number of aromatic nitrogens is 1. The smallest absolute Gasteiger partial charge is 0.264 e. The van der Waals surface area contributed by atoms with Crippen LogP contribution < -0.4 is 4.72 Å². The van der Waals surface area contributed by atoms with Crippen molar-refractivity contribution in [2.24, 2.45) is 0 Å². The fourth-order valence-corrected chi connectivity index (χ4v) is 3.55. The van der Waals surface area contributed by atoms with Gasteiger partial charge in [-0.3, -0.25) is 4.72 Å². The van der Waals surface area contributed by atoms with Crippen LogP contribution in [0.25, 0.3) is 0 Å². The van der Waals surface area contributed by atoms with Gasteiger partial charge in [0.05, 0.1) is 5.69 Å². The van der Waals surface area contributed by atoms with Crippen LogP contribution in [0.5, 0.6) is 0 Å². The Morgan fingerprint density at radius 1 is 1.17 bits per heavy atom. The van der Waals surface area contributed by atoms with Gasteiger partial charge in [0.25, 0.3) is 10.0 Å². The molecule has 1 aromatic carbocycles. The zero-order valence-electron chi connectivity index (χ0n) is 8.97. The van der Waals surface area contributed by atoms with E-state index < -0.39 is 10.0 Å². The molecule has 0 aliphatic carbocycles. The number of nitrogens with zero attached hydrogens (tertiary/aromatic N) is 1. The molecule has 0 saturated heterocycles. The molecule has 1 N–H and O–H groups in total. The summed E-state index contributed by atoms with van der Waals surface area (Å²) in [6.07, 6.45) is 1.44. The largest absolute Gasteiger partial charge is 0.278 e. The number of nitrogens with one attached hydrogen (secondary N) is 1. The number of para-hydroxylation sites is 1. The lowest BCUT2D eigenvalue weighted by atomic mass is 10.3. The van der Waals surface area contributed by atoms with Crippen LogP contribution in [-0.4, -0.2) is 13.4 Å². The van der Waals surface area contributed by atoms with Crippen molar-refractivity contribution in [3.05, 3.63) is 51.3 Å². The third-order valence-corrected chi connectivity index (χ3v) is 4.88. The molecule has 0 atom stereocenters. The van der Waals surface area contributed by atoms with Gasteiger partial charge in [-0.1, -0.05) is 23.7 Å². The Balaban J connectivity index is 2.40. The monoisotopic (exact) mass is 394 g/mol. The molecular weight excluding hydrogens is 387 g/mol. The SMILES string of the molecule is O=S(=O)(Nc1ccccc1I)c1cccnc1Cl. The Morgan fingerprint density at radius 3 is 2.56 bits per heavy atom. The van der Waals surface area contributed by atoms with E-state index in [9.17, 15) is 8.42 Å². The Kier molecular flexibility index (Phi) is 4.08. The van der Waals surface area contributed by atoms with Crippen molar-refractivity contribution in [2.75, 3.05) is 4.72 Å². The maximum atomic E-state index is 12.1. The molecule has 94 valence electrons. The molecule has 0 aliphatic rings. The van der Waals surface area contributed by atoms with Crippen LogP contribution in [0.2, 0.25) is 5.15 Å². The Morgan fingerprint density at radius 2 is 1.89 bits per heavy atom. The summed E-state index contributed by atoms with van der Waals surface area (Å²) in [6.45, 7) is 0. The molecule has 18 heavy (non-hydrogen) atoms. The lowest BCUT2D eigenvalue weighted by Crippen LogP contribution is -2.14. The molecule has 0 amide bonds. The summed E-state index contributed by atoms with van der Waals surface area (Å²) in [6, 6.07) is 10.0. The Bertz CT molecular complexity index is 676. The third-order valence-electron chi connectivity index (χ3n) is 2.13. The molecule has 4 nitrogen and oxygen atoms in total. The van der Waals surface area contributed by atoms with Gasteiger partial charge in [0, 0.05) is 9.77 Å². The van der Waals surface area contributed by atoms with Crippen molar-refractivity contribution in [1.29, 1.82) is 0 Å². The van der Waals surface area contributed by atoms with Crippen molar-refractivity contribution in [3.63, 3.8) is 0 Å². The number of rotatable bonds is 3. The van der Waals surface area contributed by atoms with Gasteiger partial charge in [0.15, 0.2) is 0 Å². The number of hydrogen-bond acceptors (Lipinski definition) is 3. The number of hydrogen-bond donors (Lipinski definition) is 1. The Labute approximate surface area is 124 Å². The van der Waals surface area contributed by atoms with E-state index in [2.05, 4.69) is 32.3 Å². The van der Waals surface area contributed by atoms with Crippen LogP contribution in [0.15, 0.2) is 47.5 Å². The van der Waals surface area contributed by atoms with E-state index in [4.69, 9.17) is 11.6 Å². The lowest BCUT2D eigenvalue weighted by Gasteiger charge is -2.10. The van der Waals surface area contributed by atoms with E-state index in [0.717, 1.165) is 3.57 Å². The summed E-state index contributed by atoms with van der Waals surface area (Å²) in [5.41, 5.74) is 0.512. The highest BCUT2D eigenvalue weighted by atomic mass is 127. The number of benzene rings is 1. The highest BCUT2D eigenvalue weighted by Crippen LogP contribution is 2.24. The second-order valence-electron chi connectivity index (χ2n) is 3.38. The quantitative estimate of drug-likeness (QED) is 0.643. The molecule has 0 spiro atoms. The first-order valence-corrected chi connectivity index (χ1v) is 7.82. The van der Waals surface area contributed by atoms with E-state index in [1.165, 1.54) is 18.3 Å². The molecule has 1 heterocycles. The van der Waals surface area contributed by atoms with E-state index in [0.29, 0.717) is 5.69 Å². The summed E-state index contributed by atoms with van der Waals surface area (Å²) in [4.78, 5) is 3.72. The minimum absolute atomic E-state index is 0.0358. The number of halogens is 2. The molecule has 0 unspecified atom stereocenters. The first-order valence-electron chi connectivity index (χ1n) is 4.88. The normalized spacial score (nSPS) is 11.2. The maximum Gasteiger partial charge on any atom is 0.264 e. The molecule has 2 rings (SSSR count). The van der Waals surface area contributed by atoms with Gasteiger partial charge in [-0.05, 0) is 46.9 Å². The van der Waals surface area contributed by atoms with Crippen molar-refractivity contribution < 1.29 is 8.42 Å². The van der Waals surface area contributed by atoms with E-state index in [1.807, 2.05) is 12.1 Å². The van der Waals surface area contributed by atoms with Crippen molar-refractivity contribution in [2.45, 2.75) is 4.90 Å². The van der Waals surface area contributed by atoms with Gasteiger partial charge in [-0.2, -0.15) is 0 Å². The standard InChI is InChI=1S/C11H8ClIN2O2S/c12-11-10(6-3-7-14-11)18(16,17)15-9-5-2-1-4-8(9)13/h1-7,15H. The second kappa shape index (κ2) is 5.41. The van der Waals surface area contributed by atoms with Crippen molar-refractivity contribution >= 4 is 49.9 Å². The van der Waals surface area contributed by atoms with Gasteiger partial charge in [-0.15, -0.1) is 0 Å². The van der Waals surface area contributed by atoms with Crippen LogP contribution >= 0.6 is 34.2 Å². The molecule has 0 radical (unpaired) electrons. The van der Waals surface area contributed by atoms with E-state index in [-0.39, 0.29) is 10.0 Å². The average molecular weight is 395 g/mol. The van der Waals surface area contributed by atoms with Crippen molar-refractivity contribution in [3.8, 4) is 0 Å². The minimum Gasteiger partial charge on any atom is -0.278 e. The van der Waals surface area contributed by atoms with E-state index in [1.54, 1.807) is 12.1 Å². The van der Waals surface area contributed by atoms with Crippen LogP contribution in [0.3, 0.4) is 0 Å². The highest BCUT2D eigenvalue weighted by Gasteiger charge is 2.19. The second-order valence-corrected chi connectivity index (χ2v) is 6.55. The molecule has 0 aliphatic heterocycles. The molecule has 1 aromatic heterocycles. The lowest BCUT2D eigenvalue weighted by molar-refractivity contribution is 0.601. The number of sulfonamides is 1. The predicted octanol–water partition coefficient (Wildman–Crippen LogP) is 3.14. The predicted molar refractivity (Wildman–Crippen MR) is 79.2 cm³/mol. The van der Waals surface area contributed by atoms with Crippen LogP contribution in [0, 0.1) is 3.57 Å². The summed E-state index contributed by atoms with van der Waals surface area (Å²) in [7, 11) is -3.72. The molecular formula is C11H8ClIN2O2S. The molecule has 2 aromatic rings. The summed E-state index contributed by atoms with van der Waals surface area (Å²) in [5, 5.41) is -0.0454. The highest BCUT2D eigenvalue weighted by molar-refractivity contribution is 14.1. The van der Waals surface area contributed by atoms with Gasteiger partial charge in [-0.25, -0.2) is 13.4 Å². The summed E-state index contributed by atoms with van der Waals surface area (Å²) in [5.74, 6) is 0. The molecule has 7 heteroatoms. The zero-order valence-corrected chi connectivity index (χ0v) is 12.7. The van der Waals surface area contributed by atoms with Crippen molar-refractivity contribution in [1.82, 2.24) is 4.98 Å². The number of anilines is 1. The topological polar surface area (TPSA) is 59.1 Å². The maximum absolute atomic E-state index is 12.1. The summed E-state index contributed by atoms with van der Waals surface area (Å²) < 4.78 is 27.6. The Hall–Kier alpha value is -0.860. The molecule has 0 saturated carbocycles. The summed E-state index contributed by atoms with van der Waals surface area (Å²) >= 11 is 7.84. The van der Waals surface area contributed by atoms with Gasteiger partial charge >= 0.3 is 0 Å². The van der Waals surface area contributed by atoms with E-state index >= 15 is 0 Å². The molecule has 0 bridgehead atoms. The van der Waals surface area contributed by atoms with Gasteiger partial charge in [0.1, 0.15) is 10.0 Å². The van der Waals surface area contributed by atoms with Gasteiger partial charge < -0.3 is 0 Å². The van der Waals surface area contributed by atoms with Gasteiger partial charge in [0.2, 0.25) is 0 Å². The molecule has 0 fully saturated rings. The van der Waals surface area contributed by atoms with Crippen LogP contribution in [0.1, 0.15) is 0 Å². The fourth-order valence-electron chi connectivity index (χ4n) is 1.32. The zero-order chi connectivity index (χ0) is 13.2. The van der Waals surface area contributed by atoms with Crippen LogP contribution in [-0.2, 0) is 10.0 Å². The third kappa shape index (κ3) is 2.93. The average Bonchev–Trinajstić information content (AvgIpc) is 2.32. The fraction of sp³-hybridized carbons (Fsp3) is 0. The first kappa shape index (κ1) is 13.6. The minimum atomic E-state index is -3.72. The first-order chi connectivity index (χ1) is 8.50. The number of pyridine rings is 1. The van der Waals surface area contributed by atoms with Crippen LogP contribution in [0.4, 0.5) is 5.69 Å².